The predicted molar refractivity (Wildman–Crippen MR) is 130 cm³/mol. The molecule has 5 rings (SSSR count). The van der Waals surface area contributed by atoms with Crippen LogP contribution < -0.4 is 5.32 Å². The van der Waals surface area contributed by atoms with Crippen molar-refractivity contribution in [2.75, 3.05) is 18.4 Å². The molecular weight excluding hydrogens is 410 g/mol. The van der Waals surface area contributed by atoms with Crippen LogP contribution in [0.5, 0.6) is 0 Å². The third kappa shape index (κ3) is 4.83. The Labute approximate surface area is 195 Å². The molecule has 2 amide bonds. The van der Waals surface area contributed by atoms with E-state index in [0.29, 0.717) is 18.5 Å². The second-order valence-electron chi connectivity index (χ2n) is 8.97. The SMILES string of the molecule is O=C(Nc1ccc(CN2CCCC2)cc1)[C@H](Cc1ccccc1)N1Cc2ccccc2C1=O. The minimum Gasteiger partial charge on any atom is -0.324 e. The molecule has 1 N–H and O–H groups in total. The highest BCUT2D eigenvalue weighted by Crippen LogP contribution is 2.26. The van der Waals surface area contributed by atoms with E-state index in [2.05, 4.69) is 22.3 Å². The molecule has 1 atom stereocenters. The molecule has 3 aromatic rings. The van der Waals surface area contributed by atoms with Gasteiger partial charge in [0.05, 0.1) is 0 Å². The summed E-state index contributed by atoms with van der Waals surface area (Å²) in [5, 5.41) is 3.06. The van der Waals surface area contributed by atoms with Gasteiger partial charge >= 0.3 is 0 Å². The van der Waals surface area contributed by atoms with Crippen LogP contribution in [0.25, 0.3) is 0 Å². The Morgan fingerprint density at radius 1 is 0.848 bits per heavy atom. The summed E-state index contributed by atoms with van der Waals surface area (Å²) in [7, 11) is 0. The van der Waals surface area contributed by atoms with E-state index in [1.54, 1.807) is 4.90 Å². The second-order valence-corrected chi connectivity index (χ2v) is 8.97. The van der Waals surface area contributed by atoms with Crippen molar-refractivity contribution in [3.8, 4) is 0 Å². The van der Waals surface area contributed by atoms with E-state index in [9.17, 15) is 9.59 Å². The molecule has 2 heterocycles. The number of nitrogens with zero attached hydrogens (tertiary/aromatic N) is 2. The van der Waals surface area contributed by atoms with E-state index >= 15 is 0 Å². The van der Waals surface area contributed by atoms with Gasteiger partial charge in [0.15, 0.2) is 0 Å². The van der Waals surface area contributed by atoms with Crippen molar-refractivity contribution in [1.82, 2.24) is 9.80 Å². The molecule has 5 heteroatoms. The minimum atomic E-state index is -0.587. The first-order valence-electron chi connectivity index (χ1n) is 11.7. The van der Waals surface area contributed by atoms with Crippen LogP contribution in [0.2, 0.25) is 0 Å². The Balaban J connectivity index is 1.33. The number of amides is 2. The second kappa shape index (κ2) is 9.59. The summed E-state index contributed by atoms with van der Waals surface area (Å²) in [5.74, 6) is -0.241. The van der Waals surface area contributed by atoms with Gasteiger partial charge in [-0.25, -0.2) is 0 Å². The standard InChI is InChI=1S/C28H29N3O2/c32-27(29-24-14-12-22(13-15-24)19-30-16-6-7-17-30)26(18-21-8-2-1-3-9-21)31-20-23-10-4-5-11-25(23)28(31)33/h1-5,8-15,26H,6-7,16-20H2,(H,29,32)/t26-/m0/s1. The summed E-state index contributed by atoms with van der Waals surface area (Å²) >= 11 is 0. The van der Waals surface area contributed by atoms with Gasteiger partial charge in [0.25, 0.3) is 5.91 Å². The molecule has 0 unspecified atom stereocenters. The predicted octanol–water partition coefficient (Wildman–Crippen LogP) is 4.49. The number of nitrogens with one attached hydrogen (secondary N) is 1. The number of carbonyl (C=O) groups is 2. The fourth-order valence-corrected chi connectivity index (χ4v) is 4.83. The molecule has 2 aliphatic rings. The highest BCUT2D eigenvalue weighted by atomic mass is 16.2. The van der Waals surface area contributed by atoms with E-state index in [1.807, 2.05) is 66.7 Å². The van der Waals surface area contributed by atoms with Crippen molar-refractivity contribution in [2.24, 2.45) is 0 Å². The number of hydrogen-bond donors (Lipinski definition) is 1. The van der Waals surface area contributed by atoms with Crippen molar-refractivity contribution < 1.29 is 9.59 Å². The van der Waals surface area contributed by atoms with Crippen LogP contribution >= 0.6 is 0 Å². The van der Waals surface area contributed by atoms with Crippen LogP contribution in [0.3, 0.4) is 0 Å². The number of likely N-dealkylation sites (tertiary alicyclic amines) is 1. The summed E-state index contributed by atoms with van der Waals surface area (Å²) in [5.41, 5.74) is 4.70. The van der Waals surface area contributed by atoms with Gasteiger partial charge in [-0.05, 0) is 60.8 Å². The molecule has 0 spiro atoms. The maximum Gasteiger partial charge on any atom is 0.255 e. The average molecular weight is 440 g/mol. The Morgan fingerprint density at radius 2 is 1.55 bits per heavy atom. The van der Waals surface area contributed by atoms with Crippen LogP contribution in [0.1, 0.15) is 39.9 Å². The summed E-state index contributed by atoms with van der Waals surface area (Å²) < 4.78 is 0. The molecule has 1 saturated heterocycles. The Hall–Kier alpha value is -3.44. The zero-order valence-electron chi connectivity index (χ0n) is 18.7. The third-order valence-corrected chi connectivity index (χ3v) is 6.63. The largest absolute Gasteiger partial charge is 0.324 e. The van der Waals surface area contributed by atoms with E-state index in [0.717, 1.165) is 36.4 Å². The average Bonchev–Trinajstić information content (AvgIpc) is 3.47. The molecular formula is C28H29N3O2. The number of fused-ring (bicyclic) bond motifs is 1. The highest BCUT2D eigenvalue weighted by molar-refractivity contribution is 6.03. The number of hydrogen-bond acceptors (Lipinski definition) is 3. The Bertz CT molecular complexity index is 1120. The Kier molecular flexibility index (Phi) is 6.22. The Morgan fingerprint density at radius 3 is 2.27 bits per heavy atom. The first kappa shape index (κ1) is 21.4. The van der Waals surface area contributed by atoms with Gasteiger partial charge in [0.2, 0.25) is 5.91 Å². The fraction of sp³-hybridized carbons (Fsp3) is 0.286. The van der Waals surface area contributed by atoms with E-state index in [1.165, 1.54) is 18.4 Å². The lowest BCUT2D eigenvalue weighted by Crippen LogP contribution is -2.45. The van der Waals surface area contributed by atoms with Crippen molar-refractivity contribution in [3.05, 3.63) is 101 Å². The smallest absolute Gasteiger partial charge is 0.255 e. The molecule has 0 saturated carbocycles. The van der Waals surface area contributed by atoms with Gasteiger partial charge in [0.1, 0.15) is 6.04 Å². The summed E-state index contributed by atoms with van der Waals surface area (Å²) in [6, 6.07) is 25.0. The van der Waals surface area contributed by atoms with Crippen molar-refractivity contribution in [1.29, 1.82) is 0 Å². The quantitative estimate of drug-likeness (QED) is 0.590. The zero-order chi connectivity index (χ0) is 22.6. The van der Waals surface area contributed by atoms with E-state index in [4.69, 9.17) is 0 Å². The van der Waals surface area contributed by atoms with Gasteiger partial charge in [-0.2, -0.15) is 0 Å². The van der Waals surface area contributed by atoms with Gasteiger partial charge in [-0.1, -0.05) is 60.7 Å². The lowest BCUT2D eigenvalue weighted by Gasteiger charge is -2.27. The summed E-state index contributed by atoms with van der Waals surface area (Å²) in [6.07, 6.45) is 3.02. The molecule has 0 bridgehead atoms. The van der Waals surface area contributed by atoms with Crippen molar-refractivity contribution in [2.45, 2.75) is 38.4 Å². The van der Waals surface area contributed by atoms with Crippen LogP contribution in [0, 0.1) is 0 Å². The van der Waals surface area contributed by atoms with Gasteiger partial charge in [-0.15, -0.1) is 0 Å². The first-order valence-corrected chi connectivity index (χ1v) is 11.7. The van der Waals surface area contributed by atoms with Crippen LogP contribution in [-0.4, -0.2) is 40.7 Å². The molecule has 0 radical (unpaired) electrons. The van der Waals surface area contributed by atoms with Gasteiger partial charge in [0, 0.05) is 30.8 Å². The van der Waals surface area contributed by atoms with E-state index in [-0.39, 0.29) is 11.8 Å². The third-order valence-electron chi connectivity index (χ3n) is 6.63. The number of benzene rings is 3. The molecule has 5 nitrogen and oxygen atoms in total. The molecule has 0 aliphatic carbocycles. The van der Waals surface area contributed by atoms with Gasteiger partial charge < -0.3 is 10.2 Å². The van der Waals surface area contributed by atoms with Crippen molar-refractivity contribution >= 4 is 17.5 Å². The summed E-state index contributed by atoms with van der Waals surface area (Å²) in [4.78, 5) is 30.7. The number of anilines is 1. The lowest BCUT2D eigenvalue weighted by atomic mass is 10.0. The van der Waals surface area contributed by atoms with Crippen LogP contribution in [0.4, 0.5) is 5.69 Å². The minimum absolute atomic E-state index is 0.0809. The van der Waals surface area contributed by atoms with E-state index < -0.39 is 6.04 Å². The topological polar surface area (TPSA) is 52.7 Å². The maximum absolute atomic E-state index is 13.5. The van der Waals surface area contributed by atoms with Gasteiger partial charge in [-0.3, -0.25) is 14.5 Å². The maximum atomic E-state index is 13.5. The molecule has 168 valence electrons. The molecule has 33 heavy (non-hydrogen) atoms. The molecule has 2 aliphatic heterocycles. The highest BCUT2D eigenvalue weighted by Gasteiger charge is 2.36. The lowest BCUT2D eigenvalue weighted by molar-refractivity contribution is -0.120. The fourth-order valence-electron chi connectivity index (χ4n) is 4.83. The zero-order valence-corrected chi connectivity index (χ0v) is 18.7. The summed E-state index contributed by atoms with van der Waals surface area (Å²) in [6.45, 7) is 3.72. The first-order chi connectivity index (χ1) is 16.2. The normalized spacial score (nSPS) is 16.6. The number of carbonyl (C=O) groups excluding carboxylic acids is 2. The van der Waals surface area contributed by atoms with Crippen molar-refractivity contribution in [3.63, 3.8) is 0 Å². The monoisotopic (exact) mass is 439 g/mol. The molecule has 1 fully saturated rings. The number of rotatable bonds is 7. The molecule has 0 aromatic heterocycles. The molecule has 3 aromatic carbocycles. The van der Waals surface area contributed by atoms with Crippen LogP contribution in [0.15, 0.2) is 78.9 Å². The van der Waals surface area contributed by atoms with Crippen LogP contribution in [-0.2, 0) is 24.3 Å².